The van der Waals surface area contributed by atoms with Gasteiger partial charge in [0.1, 0.15) is 6.54 Å². The molecule has 0 aromatic heterocycles. The SMILES string of the molecule is CS(=O)(=O)N(CC(=O)Nc1cccc(Br)c1)c1cccc(Cl)c1. The van der Waals surface area contributed by atoms with E-state index in [0.29, 0.717) is 16.4 Å². The van der Waals surface area contributed by atoms with Crippen molar-refractivity contribution in [3.8, 4) is 0 Å². The van der Waals surface area contributed by atoms with Crippen molar-refractivity contribution in [3.05, 3.63) is 58.0 Å². The van der Waals surface area contributed by atoms with Crippen molar-refractivity contribution in [2.24, 2.45) is 0 Å². The van der Waals surface area contributed by atoms with Gasteiger partial charge >= 0.3 is 0 Å². The van der Waals surface area contributed by atoms with Gasteiger partial charge in [-0.15, -0.1) is 0 Å². The molecule has 0 aliphatic rings. The van der Waals surface area contributed by atoms with Gasteiger partial charge < -0.3 is 5.32 Å². The average Bonchev–Trinajstić information content (AvgIpc) is 2.43. The number of amides is 1. The Bertz CT molecular complexity index is 827. The molecule has 2 aromatic carbocycles. The Morgan fingerprint density at radius 1 is 1.22 bits per heavy atom. The van der Waals surface area contributed by atoms with E-state index in [1.807, 2.05) is 6.07 Å². The van der Waals surface area contributed by atoms with Crippen molar-refractivity contribution < 1.29 is 13.2 Å². The van der Waals surface area contributed by atoms with Crippen LogP contribution in [-0.4, -0.2) is 27.1 Å². The van der Waals surface area contributed by atoms with Crippen molar-refractivity contribution >= 4 is 54.8 Å². The minimum atomic E-state index is -3.63. The van der Waals surface area contributed by atoms with Crippen LogP contribution in [0, 0.1) is 0 Å². The number of benzene rings is 2. The molecule has 122 valence electrons. The van der Waals surface area contributed by atoms with Crippen molar-refractivity contribution in [1.82, 2.24) is 0 Å². The molecule has 0 aliphatic heterocycles. The second kappa shape index (κ2) is 7.33. The molecule has 0 heterocycles. The lowest BCUT2D eigenvalue weighted by Crippen LogP contribution is -2.37. The third-order valence-electron chi connectivity index (χ3n) is 2.89. The highest BCUT2D eigenvalue weighted by atomic mass is 79.9. The standard InChI is InChI=1S/C15H14BrClN2O3S/c1-23(21,22)19(14-7-3-5-12(17)9-14)10-15(20)18-13-6-2-4-11(16)8-13/h2-9H,10H2,1H3,(H,18,20). The Hall–Kier alpha value is -1.57. The molecule has 1 N–H and O–H groups in total. The predicted molar refractivity (Wildman–Crippen MR) is 96.4 cm³/mol. The van der Waals surface area contributed by atoms with Crippen molar-refractivity contribution in [3.63, 3.8) is 0 Å². The molecule has 0 radical (unpaired) electrons. The Morgan fingerprint density at radius 3 is 2.52 bits per heavy atom. The number of anilines is 2. The molecule has 1 amide bonds. The molecule has 0 atom stereocenters. The lowest BCUT2D eigenvalue weighted by Gasteiger charge is -2.22. The Labute approximate surface area is 148 Å². The molecule has 0 saturated heterocycles. The summed E-state index contributed by atoms with van der Waals surface area (Å²) in [5.74, 6) is -0.450. The van der Waals surface area contributed by atoms with Crippen molar-refractivity contribution in [1.29, 1.82) is 0 Å². The summed E-state index contributed by atoms with van der Waals surface area (Å²) in [6, 6.07) is 13.4. The fourth-order valence-corrected chi connectivity index (χ4v) is 3.36. The summed E-state index contributed by atoms with van der Waals surface area (Å²) in [6.07, 6.45) is 1.04. The first-order valence-corrected chi connectivity index (χ1v) is 9.56. The largest absolute Gasteiger partial charge is 0.324 e. The molecule has 8 heteroatoms. The van der Waals surface area contributed by atoms with Crippen molar-refractivity contribution in [2.75, 3.05) is 22.4 Å². The van der Waals surface area contributed by atoms with E-state index in [9.17, 15) is 13.2 Å². The van der Waals surface area contributed by atoms with Gasteiger partial charge in [0, 0.05) is 15.2 Å². The fourth-order valence-electron chi connectivity index (χ4n) is 1.93. The zero-order chi connectivity index (χ0) is 17.0. The highest BCUT2D eigenvalue weighted by Gasteiger charge is 2.21. The van der Waals surface area contributed by atoms with Gasteiger partial charge in [0.15, 0.2) is 0 Å². The summed E-state index contributed by atoms with van der Waals surface area (Å²) >= 11 is 9.20. The molecule has 0 spiro atoms. The number of hydrogen-bond acceptors (Lipinski definition) is 3. The van der Waals surface area contributed by atoms with Crippen LogP contribution in [0.1, 0.15) is 0 Å². The maximum atomic E-state index is 12.2. The zero-order valence-electron chi connectivity index (χ0n) is 12.2. The van der Waals surface area contributed by atoms with E-state index < -0.39 is 15.9 Å². The van der Waals surface area contributed by atoms with Crippen LogP contribution < -0.4 is 9.62 Å². The Kier molecular flexibility index (Phi) is 5.67. The minimum Gasteiger partial charge on any atom is -0.324 e. The van der Waals surface area contributed by atoms with Gasteiger partial charge in [-0.05, 0) is 36.4 Å². The third-order valence-corrected chi connectivity index (χ3v) is 4.76. The highest BCUT2D eigenvalue weighted by Crippen LogP contribution is 2.22. The smallest absolute Gasteiger partial charge is 0.245 e. The summed E-state index contributed by atoms with van der Waals surface area (Å²) in [4.78, 5) is 12.2. The summed E-state index contributed by atoms with van der Waals surface area (Å²) in [7, 11) is -3.63. The molecular formula is C15H14BrClN2O3S. The molecule has 2 rings (SSSR count). The summed E-state index contributed by atoms with van der Waals surface area (Å²) in [6.45, 7) is -0.342. The minimum absolute atomic E-state index is 0.337. The van der Waals surface area contributed by atoms with E-state index in [4.69, 9.17) is 11.6 Å². The monoisotopic (exact) mass is 416 g/mol. The zero-order valence-corrected chi connectivity index (χ0v) is 15.3. The van der Waals surface area contributed by atoms with E-state index in [1.165, 1.54) is 6.07 Å². The van der Waals surface area contributed by atoms with Crippen LogP contribution in [0.5, 0.6) is 0 Å². The molecule has 0 unspecified atom stereocenters. The average molecular weight is 418 g/mol. The number of carbonyl (C=O) groups is 1. The van der Waals surface area contributed by atoms with Gasteiger partial charge in [-0.1, -0.05) is 39.7 Å². The third kappa shape index (κ3) is 5.23. The Balaban J connectivity index is 2.20. The van der Waals surface area contributed by atoms with Crippen LogP contribution in [0.15, 0.2) is 53.0 Å². The molecule has 0 aliphatic carbocycles. The quantitative estimate of drug-likeness (QED) is 0.809. The van der Waals surface area contributed by atoms with E-state index in [2.05, 4.69) is 21.2 Å². The van der Waals surface area contributed by atoms with E-state index >= 15 is 0 Å². The molecule has 23 heavy (non-hydrogen) atoms. The van der Waals surface area contributed by atoms with Gasteiger partial charge in [0.05, 0.1) is 11.9 Å². The molecule has 0 fully saturated rings. The van der Waals surface area contributed by atoms with E-state index in [-0.39, 0.29) is 6.54 Å². The van der Waals surface area contributed by atoms with Gasteiger partial charge in [0.25, 0.3) is 0 Å². The van der Waals surface area contributed by atoms with E-state index in [0.717, 1.165) is 15.0 Å². The maximum Gasteiger partial charge on any atom is 0.245 e. The number of sulfonamides is 1. The first-order valence-electron chi connectivity index (χ1n) is 6.54. The van der Waals surface area contributed by atoms with Crippen LogP contribution >= 0.6 is 27.5 Å². The highest BCUT2D eigenvalue weighted by molar-refractivity contribution is 9.10. The lowest BCUT2D eigenvalue weighted by atomic mass is 10.3. The summed E-state index contributed by atoms with van der Waals surface area (Å²) in [5, 5.41) is 3.05. The first kappa shape index (κ1) is 17.8. The number of nitrogens with one attached hydrogen (secondary N) is 1. The second-order valence-corrected chi connectivity index (χ2v) is 8.07. The topological polar surface area (TPSA) is 66.5 Å². The Morgan fingerprint density at radius 2 is 1.91 bits per heavy atom. The lowest BCUT2D eigenvalue weighted by molar-refractivity contribution is -0.114. The molecular weight excluding hydrogens is 404 g/mol. The first-order chi connectivity index (χ1) is 10.8. The molecule has 0 bridgehead atoms. The normalized spacial score (nSPS) is 11.1. The summed E-state index contributed by atoms with van der Waals surface area (Å²) in [5.41, 5.74) is 0.910. The predicted octanol–water partition coefficient (Wildman–Crippen LogP) is 3.51. The molecule has 5 nitrogen and oxygen atoms in total. The van der Waals surface area contributed by atoms with Crippen LogP contribution in [0.4, 0.5) is 11.4 Å². The van der Waals surface area contributed by atoms with Crippen LogP contribution in [-0.2, 0) is 14.8 Å². The second-order valence-electron chi connectivity index (χ2n) is 4.81. The van der Waals surface area contributed by atoms with Crippen LogP contribution in [0.2, 0.25) is 5.02 Å². The number of rotatable bonds is 5. The number of halogens is 2. The van der Waals surface area contributed by atoms with Gasteiger partial charge in [0.2, 0.25) is 15.9 Å². The van der Waals surface area contributed by atoms with Gasteiger partial charge in [-0.2, -0.15) is 0 Å². The van der Waals surface area contributed by atoms with E-state index in [1.54, 1.807) is 36.4 Å². The van der Waals surface area contributed by atoms with Gasteiger partial charge in [-0.25, -0.2) is 8.42 Å². The summed E-state index contributed by atoms with van der Waals surface area (Å²) < 4.78 is 25.8. The molecule has 0 saturated carbocycles. The number of carbonyl (C=O) groups excluding carboxylic acids is 1. The van der Waals surface area contributed by atoms with Crippen molar-refractivity contribution in [2.45, 2.75) is 0 Å². The number of hydrogen-bond donors (Lipinski definition) is 1. The fraction of sp³-hybridized carbons (Fsp3) is 0.133. The van der Waals surface area contributed by atoms with Gasteiger partial charge in [-0.3, -0.25) is 9.10 Å². The maximum absolute atomic E-state index is 12.2. The molecule has 2 aromatic rings. The van der Waals surface area contributed by atoms with Crippen LogP contribution in [0.25, 0.3) is 0 Å². The van der Waals surface area contributed by atoms with Crippen LogP contribution in [0.3, 0.4) is 0 Å². The number of nitrogens with zero attached hydrogens (tertiary/aromatic N) is 1.